The number of nitrogens with zero attached hydrogens (tertiary/aromatic N) is 1. The molecule has 1 heterocycles. The number of ether oxygens (including phenoxy) is 1. The van der Waals surface area contributed by atoms with Gasteiger partial charge in [0.25, 0.3) is 0 Å². The van der Waals surface area contributed by atoms with Gasteiger partial charge in [-0.15, -0.1) is 0 Å². The Morgan fingerprint density at radius 2 is 2.00 bits per heavy atom. The number of hydrogen-bond donors (Lipinski definition) is 1. The third-order valence-electron chi connectivity index (χ3n) is 4.22. The zero-order valence-electron chi connectivity index (χ0n) is 10.7. The van der Waals surface area contributed by atoms with Crippen molar-refractivity contribution in [2.24, 2.45) is 0 Å². The van der Waals surface area contributed by atoms with Gasteiger partial charge in [-0.25, -0.2) is 0 Å². The molecular weight excluding hydrogens is 200 g/mol. The van der Waals surface area contributed by atoms with Gasteiger partial charge in [0.15, 0.2) is 0 Å². The van der Waals surface area contributed by atoms with Crippen LogP contribution in [-0.2, 0) is 4.74 Å². The van der Waals surface area contributed by atoms with E-state index in [1.165, 1.54) is 45.1 Å². The van der Waals surface area contributed by atoms with Crippen molar-refractivity contribution in [2.75, 3.05) is 27.2 Å². The Labute approximate surface area is 99.5 Å². The molecule has 0 aromatic heterocycles. The molecule has 0 aromatic carbocycles. The Balaban J connectivity index is 1.72. The summed E-state index contributed by atoms with van der Waals surface area (Å²) < 4.78 is 5.39. The lowest BCUT2D eigenvalue weighted by atomic mass is 9.94. The lowest BCUT2D eigenvalue weighted by Gasteiger charge is -2.32. The van der Waals surface area contributed by atoms with Crippen LogP contribution in [0.5, 0.6) is 0 Å². The quantitative estimate of drug-likeness (QED) is 0.788. The van der Waals surface area contributed by atoms with Crippen LogP contribution < -0.4 is 5.32 Å². The van der Waals surface area contributed by atoms with Crippen LogP contribution in [0, 0.1) is 0 Å². The molecule has 0 unspecified atom stereocenters. The van der Waals surface area contributed by atoms with Crippen molar-refractivity contribution >= 4 is 0 Å². The maximum atomic E-state index is 5.39. The van der Waals surface area contributed by atoms with Gasteiger partial charge in [0.1, 0.15) is 0 Å². The highest BCUT2D eigenvalue weighted by atomic mass is 16.5. The number of nitrogens with one attached hydrogen (secondary N) is 1. The van der Waals surface area contributed by atoms with Crippen LogP contribution in [0.3, 0.4) is 0 Å². The van der Waals surface area contributed by atoms with E-state index in [4.69, 9.17) is 4.74 Å². The van der Waals surface area contributed by atoms with Crippen molar-refractivity contribution < 1.29 is 4.74 Å². The predicted octanol–water partition coefficient (Wildman–Crippen LogP) is 1.63. The first-order valence-corrected chi connectivity index (χ1v) is 6.76. The Kier molecular flexibility index (Phi) is 4.62. The van der Waals surface area contributed by atoms with Crippen LogP contribution in [0.1, 0.15) is 38.5 Å². The fourth-order valence-electron chi connectivity index (χ4n) is 3.12. The van der Waals surface area contributed by atoms with E-state index in [0.717, 1.165) is 12.6 Å². The molecule has 94 valence electrons. The van der Waals surface area contributed by atoms with Crippen LogP contribution in [-0.4, -0.2) is 50.3 Å². The second-order valence-corrected chi connectivity index (χ2v) is 5.43. The first kappa shape index (κ1) is 12.3. The summed E-state index contributed by atoms with van der Waals surface area (Å²) >= 11 is 0. The molecular formula is C13H26N2O. The van der Waals surface area contributed by atoms with Crippen LogP contribution in [0.2, 0.25) is 0 Å². The van der Waals surface area contributed by atoms with Gasteiger partial charge < -0.3 is 15.0 Å². The lowest BCUT2D eigenvalue weighted by molar-refractivity contribution is 0.113. The first-order chi connectivity index (χ1) is 7.79. The molecule has 1 N–H and O–H groups in total. The molecule has 1 saturated carbocycles. The van der Waals surface area contributed by atoms with E-state index in [2.05, 4.69) is 17.3 Å². The van der Waals surface area contributed by atoms with Crippen LogP contribution in [0.15, 0.2) is 0 Å². The minimum atomic E-state index is 0.435. The zero-order valence-corrected chi connectivity index (χ0v) is 10.7. The van der Waals surface area contributed by atoms with Gasteiger partial charge in [-0.1, -0.05) is 19.3 Å². The summed E-state index contributed by atoms with van der Waals surface area (Å²) in [6.07, 6.45) is 8.70. The van der Waals surface area contributed by atoms with Gasteiger partial charge in [-0.05, 0) is 26.3 Å². The number of likely N-dealkylation sites (N-methyl/N-ethyl adjacent to an activating group) is 1. The summed E-state index contributed by atoms with van der Waals surface area (Å²) in [4.78, 5) is 2.56. The number of rotatable bonds is 4. The third kappa shape index (κ3) is 3.19. The zero-order chi connectivity index (χ0) is 11.4. The number of hydrogen-bond acceptors (Lipinski definition) is 3. The van der Waals surface area contributed by atoms with Crippen molar-refractivity contribution in [1.29, 1.82) is 0 Å². The van der Waals surface area contributed by atoms with E-state index in [1.807, 2.05) is 7.11 Å². The molecule has 1 aliphatic carbocycles. The summed E-state index contributed by atoms with van der Waals surface area (Å²) in [5.41, 5.74) is 0. The third-order valence-corrected chi connectivity index (χ3v) is 4.22. The van der Waals surface area contributed by atoms with Crippen molar-refractivity contribution in [3.05, 3.63) is 0 Å². The fourth-order valence-corrected chi connectivity index (χ4v) is 3.12. The molecule has 0 aromatic rings. The Morgan fingerprint density at radius 1 is 1.25 bits per heavy atom. The van der Waals surface area contributed by atoms with E-state index in [1.54, 1.807) is 0 Å². The number of methoxy groups -OCH3 is 1. The molecule has 0 bridgehead atoms. The van der Waals surface area contributed by atoms with E-state index >= 15 is 0 Å². The van der Waals surface area contributed by atoms with E-state index < -0.39 is 0 Å². The summed E-state index contributed by atoms with van der Waals surface area (Å²) in [7, 11) is 4.11. The molecule has 2 fully saturated rings. The molecule has 1 saturated heterocycles. The lowest BCUT2D eigenvalue weighted by Crippen LogP contribution is -2.41. The van der Waals surface area contributed by atoms with Gasteiger partial charge >= 0.3 is 0 Å². The summed E-state index contributed by atoms with van der Waals surface area (Å²) in [6.45, 7) is 2.21. The Morgan fingerprint density at radius 3 is 2.62 bits per heavy atom. The highest BCUT2D eigenvalue weighted by molar-refractivity contribution is 4.86. The van der Waals surface area contributed by atoms with Crippen molar-refractivity contribution in [2.45, 2.75) is 56.7 Å². The van der Waals surface area contributed by atoms with Gasteiger partial charge in [-0.3, -0.25) is 0 Å². The predicted molar refractivity (Wildman–Crippen MR) is 66.7 cm³/mol. The average Bonchev–Trinajstić information content (AvgIpc) is 2.78. The Hall–Kier alpha value is -0.120. The molecule has 16 heavy (non-hydrogen) atoms. The largest absolute Gasteiger partial charge is 0.380 e. The van der Waals surface area contributed by atoms with E-state index in [9.17, 15) is 0 Å². The van der Waals surface area contributed by atoms with Crippen LogP contribution >= 0.6 is 0 Å². The maximum Gasteiger partial charge on any atom is 0.0711 e. The van der Waals surface area contributed by atoms with Gasteiger partial charge in [0, 0.05) is 32.3 Å². The van der Waals surface area contributed by atoms with Gasteiger partial charge in [0.05, 0.1) is 6.10 Å². The standard InChI is InChI=1S/C13H26N2O/c1-15(12-6-4-3-5-7-12)10-11-8-13(16-2)9-14-11/h11-14H,3-10H2,1-2H3/t11-,13-/m0/s1. The highest BCUT2D eigenvalue weighted by Gasteiger charge is 2.27. The van der Waals surface area contributed by atoms with E-state index in [0.29, 0.717) is 12.1 Å². The summed E-state index contributed by atoms with van der Waals surface area (Å²) in [5, 5.41) is 3.56. The van der Waals surface area contributed by atoms with Crippen molar-refractivity contribution in [3.63, 3.8) is 0 Å². The second-order valence-electron chi connectivity index (χ2n) is 5.43. The van der Waals surface area contributed by atoms with Crippen LogP contribution in [0.4, 0.5) is 0 Å². The molecule has 3 nitrogen and oxygen atoms in total. The minimum Gasteiger partial charge on any atom is -0.380 e. The van der Waals surface area contributed by atoms with Gasteiger partial charge in [0.2, 0.25) is 0 Å². The molecule has 3 heteroatoms. The molecule has 2 rings (SSSR count). The second kappa shape index (κ2) is 5.99. The molecule has 1 aliphatic heterocycles. The molecule has 0 amide bonds. The van der Waals surface area contributed by atoms with Crippen molar-refractivity contribution in [1.82, 2.24) is 10.2 Å². The van der Waals surface area contributed by atoms with E-state index in [-0.39, 0.29) is 0 Å². The average molecular weight is 226 g/mol. The Bertz CT molecular complexity index is 204. The SMILES string of the molecule is CO[C@@H]1CN[C@H](CN(C)C2CCCCC2)C1. The smallest absolute Gasteiger partial charge is 0.0711 e. The fraction of sp³-hybridized carbons (Fsp3) is 1.00. The summed E-state index contributed by atoms with van der Waals surface area (Å²) in [6, 6.07) is 1.47. The monoisotopic (exact) mass is 226 g/mol. The minimum absolute atomic E-state index is 0.435. The molecule has 2 aliphatic rings. The molecule has 0 spiro atoms. The topological polar surface area (TPSA) is 24.5 Å². The molecule has 2 atom stereocenters. The highest BCUT2D eigenvalue weighted by Crippen LogP contribution is 2.22. The van der Waals surface area contributed by atoms with Gasteiger partial charge in [-0.2, -0.15) is 0 Å². The maximum absolute atomic E-state index is 5.39. The summed E-state index contributed by atoms with van der Waals surface area (Å²) in [5.74, 6) is 0. The van der Waals surface area contributed by atoms with Crippen LogP contribution in [0.25, 0.3) is 0 Å². The first-order valence-electron chi connectivity index (χ1n) is 6.76. The van der Waals surface area contributed by atoms with Crippen molar-refractivity contribution in [3.8, 4) is 0 Å². The normalized spacial score (nSPS) is 32.4. The molecule has 0 radical (unpaired) electrons.